The van der Waals surface area contributed by atoms with Crippen molar-refractivity contribution < 1.29 is 5.11 Å². The lowest BCUT2D eigenvalue weighted by Gasteiger charge is -2.37. The molecule has 0 amide bonds. The smallest absolute Gasteiger partial charge is 0.0611 e. The zero-order valence-corrected chi connectivity index (χ0v) is 13.6. The third kappa shape index (κ3) is 5.80. The Hall–Kier alpha value is -0.120. The van der Waals surface area contributed by atoms with E-state index in [-0.39, 0.29) is 12.1 Å². The molecular weight excluding hydrogens is 236 g/mol. The third-order valence-electron chi connectivity index (χ3n) is 4.50. The molecule has 114 valence electrons. The Labute approximate surface area is 119 Å². The topological polar surface area (TPSA) is 35.5 Å². The fourth-order valence-electron chi connectivity index (χ4n) is 2.82. The molecule has 0 bridgehead atoms. The first-order valence-electron chi connectivity index (χ1n) is 8.06. The zero-order valence-electron chi connectivity index (χ0n) is 13.6. The lowest BCUT2D eigenvalue weighted by molar-refractivity contribution is 0.107. The third-order valence-corrected chi connectivity index (χ3v) is 4.50. The Morgan fingerprint density at radius 1 is 1.32 bits per heavy atom. The van der Waals surface area contributed by atoms with Crippen LogP contribution in [0.4, 0.5) is 0 Å². The lowest BCUT2D eigenvalue weighted by atomic mass is 9.93. The first-order chi connectivity index (χ1) is 8.94. The van der Waals surface area contributed by atoms with Gasteiger partial charge < -0.3 is 15.3 Å². The minimum atomic E-state index is -0.122. The van der Waals surface area contributed by atoms with Gasteiger partial charge >= 0.3 is 0 Å². The Kier molecular flexibility index (Phi) is 6.78. The van der Waals surface area contributed by atoms with Crippen LogP contribution in [0.5, 0.6) is 0 Å². The maximum Gasteiger partial charge on any atom is 0.0611 e. The van der Waals surface area contributed by atoms with E-state index < -0.39 is 0 Å². The summed E-state index contributed by atoms with van der Waals surface area (Å²) in [7, 11) is 0. The summed E-state index contributed by atoms with van der Waals surface area (Å²) < 4.78 is 0. The van der Waals surface area contributed by atoms with Gasteiger partial charge in [0.15, 0.2) is 0 Å². The number of aliphatic hydroxyl groups excluding tert-OH is 1. The summed E-state index contributed by atoms with van der Waals surface area (Å²) in [4.78, 5) is 2.55. The van der Waals surface area contributed by atoms with Crippen LogP contribution in [-0.2, 0) is 0 Å². The van der Waals surface area contributed by atoms with Crippen molar-refractivity contribution in [2.45, 2.75) is 77.9 Å². The van der Waals surface area contributed by atoms with Crippen LogP contribution >= 0.6 is 0 Å². The van der Waals surface area contributed by atoms with Crippen LogP contribution in [0.1, 0.15) is 60.3 Å². The number of hydrogen-bond acceptors (Lipinski definition) is 3. The van der Waals surface area contributed by atoms with E-state index in [1.807, 2.05) is 0 Å². The van der Waals surface area contributed by atoms with Crippen LogP contribution in [0.2, 0.25) is 0 Å². The fraction of sp³-hybridized carbons (Fsp3) is 1.00. The first kappa shape index (κ1) is 16.9. The summed E-state index contributed by atoms with van der Waals surface area (Å²) in [5.74, 6) is 0.749. The molecule has 1 aliphatic rings. The second kappa shape index (κ2) is 7.61. The molecule has 0 radical (unpaired) electrons. The Balaban J connectivity index is 2.50. The zero-order chi connectivity index (χ0) is 14.5. The molecule has 0 aliphatic heterocycles. The summed E-state index contributed by atoms with van der Waals surface area (Å²) in [5, 5.41) is 13.3. The van der Waals surface area contributed by atoms with Crippen LogP contribution in [-0.4, -0.2) is 47.3 Å². The summed E-state index contributed by atoms with van der Waals surface area (Å²) >= 11 is 0. The van der Waals surface area contributed by atoms with Crippen molar-refractivity contribution >= 4 is 0 Å². The molecule has 0 aromatic heterocycles. The van der Waals surface area contributed by atoms with Crippen molar-refractivity contribution in [1.29, 1.82) is 0 Å². The number of nitrogens with zero attached hydrogens (tertiary/aromatic N) is 1. The van der Waals surface area contributed by atoms with Gasteiger partial charge in [0.1, 0.15) is 0 Å². The van der Waals surface area contributed by atoms with Crippen LogP contribution in [0.15, 0.2) is 0 Å². The molecule has 0 aromatic carbocycles. The summed E-state index contributed by atoms with van der Waals surface area (Å²) in [5.41, 5.74) is -0.122. The van der Waals surface area contributed by atoms with E-state index in [2.05, 4.69) is 44.8 Å². The van der Waals surface area contributed by atoms with Crippen LogP contribution in [0.25, 0.3) is 0 Å². The highest BCUT2D eigenvalue weighted by Crippen LogP contribution is 2.25. The highest BCUT2D eigenvalue weighted by Gasteiger charge is 2.34. The van der Waals surface area contributed by atoms with E-state index >= 15 is 0 Å². The van der Waals surface area contributed by atoms with Gasteiger partial charge in [-0.2, -0.15) is 0 Å². The predicted molar refractivity (Wildman–Crippen MR) is 82.4 cm³/mol. The van der Waals surface area contributed by atoms with E-state index in [0.29, 0.717) is 12.1 Å². The lowest BCUT2D eigenvalue weighted by Crippen LogP contribution is -2.52. The molecule has 0 heterocycles. The molecule has 0 spiro atoms. The van der Waals surface area contributed by atoms with Crippen molar-refractivity contribution in [1.82, 2.24) is 10.2 Å². The second-order valence-electron chi connectivity index (χ2n) is 6.79. The van der Waals surface area contributed by atoms with Crippen LogP contribution in [0, 0.1) is 5.92 Å². The van der Waals surface area contributed by atoms with E-state index in [0.717, 1.165) is 18.9 Å². The van der Waals surface area contributed by atoms with Crippen molar-refractivity contribution in [3.63, 3.8) is 0 Å². The molecule has 0 aromatic rings. The van der Waals surface area contributed by atoms with Gasteiger partial charge in [-0.05, 0) is 45.6 Å². The van der Waals surface area contributed by atoms with Gasteiger partial charge in [-0.15, -0.1) is 0 Å². The maximum absolute atomic E-state index is 9.71. The fourth-order valence-corrected chi connectivity index (χ4v) is 2.82. The average molecular weight is 270 g/mol. The van der Waals surface area contributed by atoms with Gasteiger partial charge in [0.25, 0.3) is 0 Å². The second-order valence-corrected chi connectivity index (χ2v) is 6.79. The van der Waals surface area contributed by atoms with E-state index in [4.69, 9.17) is 0 Å². The van der Waals surface area contributed by atoms with Crippen molar-refractivity contribution in [3.8, 4) is 0 Å². The largest absolute Gasteiger partial charge is 0.394 e. The van der Waals surface area contributed by atoms with Crippen molar-refractivity contribution in [3.05, 3.63) is 0 Å². The maximum atomic E-state index is 9.71. The summed E-state index contributed by atoms with van der Waals surface area (Å²) in [6.45, 7) is 13.8. The molecule has 1 fully saturated rings. The molecule has 1 saturated carbocycles. The molecule has 3 atom stereocenters. The minimum Gasteiger partial charge on any atom is -0.394 e. The molecule has 19 heavy (non-hydrogen) atoms. The van der Waals surface area contributed by atoms with Crippen LogP contribution in [0.3, 0.4) is 0 Å². The van der Waals surface area contributed by atoms with E-state index in [1.54, 1.807) is 0 Å². The molecule has 1 aliphatic carbocycles. The molecule has 3 unspecified atom stereocenters. The quantitative estimate of drug-likeness (QED) is 0.640. The van der Waals surface area contributed by atoms with E-state index in [1.165, 1.54) is 25.8 Å². The molecule has 0 saturated heterocycles. The predicted octanol–water partition coefficient (Wildman–Crippen LogP) is 2.64. The highest BCUT2D eigenvalue weighted by molar-refractivity contribution is 4.94. The first-order valence-corrected chi connectivity index (χ1v) is 8.06. The van der Waals surface area contributed by atoms with Gasteiger partial charge in [0.05, 0.1) is 6.61 Å². The number of hydrogen-bond donors (Lipinski definition) is 2. The van der Waals surface area contributed by atoms with Crippen molar-refractivity contribution in [2.24, 2.45) is 5.92 Å². The Morgan fingerprint density at radius 2 is 1.95 bits per heavy atom. The number of nitrogens with one attached hydrogen (secondary N) is 1. The molecule has 1 rings (SSSR count). The summed E-state index contributed by atoms with van der Waals surface area (Å²) in [6.07, 6.45) is 4.80. The molecule has 2 N–H and O–H groups in total. The Morgan fingerprint density at radius 3 is 2.37 bits per heavy atom. The number of aliphatic hydroxyl groups is 1. The Bertz CT molecular complexity index is 255. The van der Waals surface area contributed by atoms with Crippen molar-refractivity contribution in [2.75, 3.05) is 19.7 Å². The van der Waals surface area contributed by atoms with Gasteiger partial charge in [0.2, 0.25) is 0 Å². The summed E-state index contributed by atoms with van der Waals surface area (Å²) in [6, 6.07) is 1.16. The standard InChI is InChI=1S/C16H34N2O/c1-6-13(3)11-18(7-2)14(4)10-16(5,12-19)17-15-8-9-15/h13-15,17,19H,6-12H2,1-5H3. The molecular formula is C16H34N2O. The SMILES string of the molecule is CCC(C)CN(CC)C(C)CC(C)(CO)NC1CC1. The monoisotopic (exact) mass is 270 g/mol. The highest BCUT2D eigenvalue weighted by atomic mass is 16.3. The minimum absolute atomic E-state index is 0.122. The van der Waals surface area contributed by atoms with Crippen LogP contribution < -0.4 is 5.32 Å². The van der Waals surface area contributed by atoms with Gasteiger partial charge in [-0.3, -0.25) is 0 Å². The average Bonchev–Trinajstić information content (AvgIpc) is 3.18. The van der Waals surface area contributed by atoms with E-state index in [9.17, 15) is 5.11 Å². The number of rotatable bonds is 10. The van der Waals surface area contributed by atoms with Gasteiger partial charge in [-0.25, -0.2) is 0 Å². The van der Waals surface area contributed by atoms with Gasteiger partial charge in [-0.1, -0.05) is 27.2 Å². The molecule has 3 nitrogen and oxygen atoms in total. The van der Waals surface area contributed by atoms with Gasteiger partial charge in [0, 0.05) is 24.2 Å². The molecule has 3 heteroatoms. The normalized spacial score (nSPS) is 22.3.